The molecule has 76 valence electrons. The third-order valence-corrected chi connectivity index (χ3v) is 3.20. The maximum absolute atomic E-state index is 11.3. The fourth-order valence-electron chi connectivity index (χ4n) is 2.57. The summed E-state index contributed by atoms with van der Waals surface area (Å²) < 4.78 is 4.74. The Hall–Kier alpha value is -0.280. The van der Waals surface area contributed by atoms with E-state index in [1.165, 1.54) is 26.4 Å². The zero-order chi connectivity index (χ0) is 8.55. The van der Waals surface area contributed by atoms with Crippen LogP contribution < -0.4 is 5.32 Å². The number of ether oxygens (including phenoxy) is 1. The van der Waals surface area contributed by atoms with E-state index in [1.807, 2.05) is 0 Å². The van der Waals surface area contributed by atoms with Gasteiger partial charge in [-0.1, -0.05) is 6.42 Å². The molecule has 2 rings (SSSR count). The van der Waals surface area contributed by atoms with Gasteiger partial charge >= 0.3 is 5.97 Å². The third-order valence-electron chi connectivity index (χ3n) is 3.20. The first-order valence-corrected chi connectivity index (χ1v) is 4.64. The van der Waals surface area contributed by atoms with Crippen molar-refractivity contribution in [3.63, 3.8) is 0 Å². The van der Waals surface area contributed by atoms with E-state index >= 15 is 0 Å². The molecule has 0 aromatic rings. The average molecular weight is 206 g/mol. The fourth-order valence-corrected chi connectivity index (χ4v) is 2.57. The Morgan fingerprint density at radius 1 is 1.46 bits per heavy atom. The van der Waals surface area contributed by atoms with Gasteiger partial charge in [0, 0.05) is 0 Å². The second-order valence-electron chi connectivity index (χ2n) is 3.76. The Bertz CT molecular complexity index is 198. The Morgan fingerprint density at radius 3 is 2.92 bits per heavy atom. The highest BCUT2D eigenvalue weighted by atomic mass is 35.5. The maximum atomic E-state index is 11.3. The molecule has 4 heteroatoms. The standard InChI is InChI=1S/C9H15NO2.ClH/c1-12-9(11)8-7-4-2-3-6(7)5-10-8;/h6-8,10H,2-5H2,1H3;1H. The molecular weight excluding hydrogens is 190 g/mol. The molecule has 1 heterocycles. The first-order chi connectivity index (χ1) is 5.83. The molecule has 0 aromatic carbocycles. The van der Waals surface area contributed by atoms with E-state index in [2.05, 4.69) is 5.32 Å². The lowest BCUT2D eigenvalue weighted by Gasteiger charge is -2.14. The molecule has 0 bridgehead atoms. The van der Waals surface area contributed by atoms with Gasteiger partial charge in [-0.2, -0.15) is 0 Å². The molecule has 0 radical (unpaired) electrons. The Kier molecular flexibility index (Phi) is 3.56. The number of halogens is 1. The van der Waals surface area contributed by atoms with Crippen molar-refractivity contribution >= 4 is 18.4 Å². The van der Waals surface area contributed by atoms with Crippen molar-refractivity contribution in [3.05, 3.63) is 0 Å². The van der Waals surface area contributed by atoms with Crippen molar-refractivity contribution < 1.29 is 9.53 Å². The van der Waals surface area contributed by atoms with Gasteiger partial charge in [-0.05, 0) is 31.2 Å². The van der Waals surface area contributed by atoms with Gasteiger partial charge in [-0.3, -0.25) is 4.79 Å². The van der Waals surface area contributed by atoms with Gasteiger partial charge in [0.2, 0.25) is 0 Å². The number of carbonyl (C=O) groups is 1. The summed E-state index contributed by atoms with van der Waals surface area (Å²) >= 11 is 0. The van der Waals surface area contributed by atoms with Crippen LogP contribution in [0.4, 0.5) is 0 Å². The molecule has 1 aliphatic carbocycles. The van der Waals surface area contributed by atoms with Crippen LogP contribution in [0.5, 0.6) is 0 Å². The molecule has 1 N–H and O–H groups in total. The minimum absolute atomic E-state index is 0. The molecule has 1 aliphatic heterocycles. The summed E-state index contributed by atoms with van der Waals surface area (Å²) in [6.45, 7) is 1.00. The summed E-state index contributed by atoms with van der Waals surface area (Å²) in [5.74, 6) is 1.20. The summed E-state index contributed by atoms with van der Waals surface area (Å²) in [7, 11) is 1.46. The fraction of sp³-hybridized carbons (Fsp3) is 0.889. The van der Waals surface area contributed by atoms with Crippen LogP contribution in [0, 0.1) is 11.8 Å². The molecule has 1 saturated carbocycles. The molecule has 0 aromatic heterocycles. The Balaban J connectivity index is 0.000000845. The summed E-state index contributed by atoms with van der Waals surface area (Å²) in [6.07, 6.45) is 3.76. The number of esters is 1. The number of hydrogen-bond donors (Lipinski definition) is 1. The predicted octanol–water partition coefficient (Wildman–Crippen LogP) is 0.969. The van der Waals surface area contributed by atoms with Gasteiger partial charge in [-0.15, -0.1) is 12.4 Å². The van der Waals surface area contributed by atoms with E-state index < -0.39 is 0 Å². The van der Waals surface area contributed by atoms with Crippen molar-refractivity contribution in [3.8, 4) is 0 Å². The zero-order valence-corrected chi connectivity index (χ0v) is 8.60. The number of methoxy groups -OCH3 is 1. The number of fused-ring (bicyclic) bond motifs is 1. The van der Waals surface area contributed by atoms with E-state index in [1.54, 1.807) is 0 Å². The normalized spacial score (nSPS) is 36.5. The van der Waals surface area contributed by atoms with Crippen LogP contribution in [0.1, 0.15) is 19.3 Å². The predicted molar refractivity (Wildman–Crippen MR) is 51.9 cm³/mol. The number of hydrogen-bond acceptors (Lipinski definition) is 3. The minimum Gasteiger partial charge on any atom is -0.468 e. The molecule has 3 nitrogen and oxygen atoms in total. The topological polar surface area (TPSA) is 38.3 Å². The molecule has 3 unspecified atom stereocenters. The number of rotatable bonds is 1. The second kappa shape index (κ2) is 4.29. The Morgan fingerprint density at radius 2 is 2.23 bits per heavy atom. The monoisotopic (exact) mass is 205 g/mol. The molecule has 1 saturated heterocycles. The second-order valence-corrected chi connectivity index (χ2v) is 3.76. The van der Waals surface area contributed by atoms with E-state index in [9.17, 15) is 4.79 Å². The van der Waals surface area contributed by atoms with E-state index in [-0.39, 0.29) is 24.4 Å². The average Bonchev–Trinajstić information content (AvgIpc) is 2.62. The van der Waals surface area contributed by atoms with Gasteiger partial charge in [0.25, 0.3) is 0 Å². The van der Waals surface area contributed by atoms with Crippen LogP contribution in [-0.4, -0.2) is 25.7 Å². The van der Waals surface area contributed by atoms with Crippen LogP contribution in [-0.2, 0) is 9.53 Å². The lowest BCUT2D eigenvalue weighted by atomic mass is 9.94. The van der Waals surface area contributed by atoms with Gasteiger partial charge in [0.1, 0.15) is 6.04 Å². The summed E-state index contributed by atoms with van der Waals surface area (Å²) in [5.41, 5.74) is 0. The van der Waals surface area contributed by atoms with E-state index in [0.717, 1.165) is 12.5 Å². The highest BCUT2D eigenvalue weighted by Crippen LogP contribution is 2.37. The zero-order valence-electron chi connectivity index (χ0n) is 7.79. The lowest BCUT2D eigenvalue weighted by Crippen LogP contribution is -2.36. The largest absolute Gasteiger partial charge is 0.468 e. The molecule has 2 aliphatic rings. The minimum atomic E-state index is -0.0793. The SMILES string of the molecule is COC(=O)C1NCC2CCCC21.Cl. The van der Waals surface area contributed by atoms with Gasteiger partial charge in [-0.25, -0.2) is 0 Å². The van der Waals surface area contributed by atoms with Crippen LogP contribution in [0.3, 0.4) is 0 Å². The van der Waals surface area contributed by atoms with Crippen LogP contribution in [0.25, 0.3) is 0 Å². The van der Waals surface area contributed by atoms with Gasteiger partial charge in [0.15, 0.2) is 0 Å². The summed E-state index contributed by atoms with van der Waals surface area (Å²) in [5, 5.41) is 3.23. The molecule has 3 atom stereocenters. The quantitative estimate of drug-likeness (QED) is 0.649. The van der Waals surface area contributed by atoms with Crippen molar-refractivity contribution in [1.82, 2.24) is 5.32 Å². The van der Waals surface area contributed by atoms with Crippen LogP contribution >= 0.6 is 12.4 Å². The van der Waals surface area contributed by atoms with Crippen LogP contribution in [0.15, 0.2) is 0 Å². The highest BCUT2D eigenvalue weighted by Gasteiger charge is 2.42. The maximum Gasteiger partial charge on any atom is 0.323 e. The number of carbonyl (C=O) groups excluding carboxylic acids is 1. The summed E-state index contributed by atoms with van der Waals surface area (Å²) in [6, 6.07) is -0.0116. The molecule has 13 heavy (non-hydrogen) atoms. The van der Waals surface area contributed by atoms with Crippen molar-refractivity contribution in [1.29, 1.82) is 0 Å². The van der Waals surface area contributed by atoms with Gasteiger partial charge in [0.05, 0.1) is 7.11 Å². The number of nitrogens with one attached hydrogen (secondary N) is 1. The lowest BCUT2D eigenvalue weighted by molar-refractivity contribution is -0.143. The van der Waals surface area contributed by atoms with E-state index in [0.29, 0.717) is 5.92 Å². The molecule has 0 spiro atoms. The summed E-state index contributed by atoms with van der Waals surface area (Å²) in [4.78, 5) is 11.3. The smallest absolute Gasteiger partial charge is 0.323 e. The van der Waals surface area contributed by atoms with Crippen molar-refractivity contribution in [2.45, 2.75) is 25.3 Å². The third kappa shape index (κ3) is 1.81. The molecule has 2 fully saturated rings. The highest BCUT2D eigenvalue weighted by molar-refractivity contribution is 5.85. The van der Waals surface area contributed by atoms with Crippen molar-refractivity contribution in [2.75, 3.05) is 13.7 Å². The first kappa shape index (κ1) is 10.8. The first-order valence-electron chi connectivity index (χ1n) is 4.64. The molecule has 0 amide bonds. The van der Waals surface area contributed by atoms with E-state index in [4.69, 9.17) is 4.74 Å². The van der Waals surface area contributed by atoms with Crippen LogP contribution in [0.2, 0.25) is 0 Å². The van der Waals surface area contributed by atoms with Gasteiger partial charge < -0.3 is 10.1 Å². The van der Waals surface area contributed by atoms with Crippen molar-refractivity contribution in [2.24, 2.45) is 11.8 Å². The molecular formula is C9H16ClNO2. The Labute approximate surface area is 84.6 Å².